The van der Waals surface area contributed by atoms with E-state index in [1.165, 1.54) is 13.2 Å². The molecule has 1 aliphatic rings. The second-order valence-electron chi connectivity index (χ2n) is 4.01. The van der Waals surface area contributed by atoms with Crippen LogP contribution in [0.25, 0.3) is 0 Å². The molecular formula is C10H13ClO3. The van der Waals surface area contributed by atoms with Crippen molar-refractivity contribution in [3.8, 4) is 0 Å². The molecule has 0 spiro atoms. The molecule has 3 nitrogen and oxygen atoms in total. The lowest BCUT2D eigenvalue weighted by Crippen LogP contribution is -2.45. The van der Waals surface area contributed by atoms with Crippen LogP contribution in [0, 0.1) is 11.3 Å². The van der Waals surface area contributed by atoms with Crippen molar-refractivity contribution in [2.75, 3.05) is 0 Å². The van der Waals surface area contributed by atoms with Crippen molar-refractivity contribution in [3.05, 3.63) is 11.3 Å². The Kier molecular flexibility index (Phi) is 3.00. The molecule has 0 N–H and O–H groups in total. The molecule has 1 atom stereocenters. The van der Waals surface area contributed by atoms with Crippen LogP contribution in [-0.2, 0) is 14.3 Å². The van der Waals surface area contributed by atoms with Crippen LogP contribution in [0.2, 0.25) is 0 Å². The lowest BCUT2D eigenvalue weighted by Gasteiger charge is -2.41. The molecule has 0 aromatic heterocycles. The van der Waals surface area contributed by atoms with Crippen LogP contribution >= 0.6 is 11.6 Å². The van der Waals surface area contributed by atoms with Gasteiger partial charge in [-0.3, -0.25) is 9.59 Å². The van der Waals surface area contributed by atoms with Crippen LogP contribution in [0.5, 0.6) is 0 Å². The van der Waals surface area contributed by atoms with Crippen molar-refractivity contribution in [1.82, 2.24) is 0 Å². The number of hydrogen-bond acceptors (Lipinski definition) is 3. The maximum absolute atomic E-state index is 11.2. The summed E-state index contributed by atoms with van der Waals surface area (Å²) in [5, 5.41) is 0.435. The molecule has 14 heavy (non-hydrogen) atoms. The van der Waals surface area contributed by atoms with Crippen LogP contribution in [0.3, 0.4) is 0 Å². The predicted molar refractivity (Wildman–Crippen MR) is 52.6 cm³/mol. The number of carbonyl (C=O) groups excluding carboxylic acids is 2. The van der Waals surface area contributed by atoms with Crippen molar-refractivity contribution in [3.63, 3.8) is 0 Å². The summed E-state index contributed by atoms with van der Waals surface area (Å²) in [6, 6.07) is 0. The number of halogens is 1. The van der Waals surface area contributed by atoms with Gasteiger partial charge in [0.2, 0.25) is 0 Å². The Morgan fingerprint density at radius 2 is 2.21 bits per heavy atom. The third-order valence-electron chi connectivity index (χ3n) is 2.65. The molecule has 0 saturated heterocycles. The summed E-state index contributed by atoms with van der Waals surface area (Å²) in [5.74, 6) is -0.237. The van der Waals surface area contributed by atoms with Crippen LogP contribution in [0.4, 0.5) is 0 Å². The van der Waals surface area contributed by atoms with Crippen molar-refractivity contribution in [1.29, 1.82) is 0 Å². The number of rotatable bonds is 2. The van der Waals surface area contributed by atoms with Gasteiger partial charge in [-0.1, -0.05) is 25.4 Å². The first-order chi connectivity index (χ1) is 6.35. The number of ketones is 1. The van der Waals surface area contributed by atoms with Gasteiger partial charge in [0.15, 0.2) is 0 Å². The minimum atomic E-state index is -0.423. The van der Waals surface area contributed by atoms with Gasteiger partial charge in [-0.2, -0.15) is 0 Å². The summed E-state index contributed by atoms with van der Waals surface area (Å²) in [5.41, 5.74) is -0.423. The Balaban J connectivity index is 2.64. The highest BCUT2D eigenvalue weighted by molar-refractivity contribution is 6.30. The molecule has 1 unspecified atom stereocenters. The largest absolute Gasteiger partial charge is 0.433 e. The SMILES string of the molecule is CC(=O)OC=C(Cl)C1CC(=O)C1(C)C. The van der Waals surface area contributed by atoms with Crippen LogP contribution in [0.1, 0.15) is 27.2 Å². The Morgan fingerprint density at radius 1 is 1.64 bits per heavy atom. The van der Waals surface area contributed by atoms with Gasteiger partial charge in [0, 0.05) is 24.7 Å². The van der Waals surface area contributed by atoms with E-state index in [0.29, 0.717) is 11.5 Å². The molecule has 1 rings (SSSR count). The number of ether oxygens (including phenoxy) is 1. The Bertz CT molecular complexity index is 304. The smallest absolute Gasteiger partial charge is 0.307 e. The Morgan fingerprint density at radius 3 is 2.57 bits per heavy atom. The lowest BCUT2D eigenvalue weighted by atomic mass is 9.61. The van der Waals surface area contributed by atoms with Gasteiger partial charge in [0.25, 0.3) is 0 Å². The van der Waals surface area contributed by atoms with Gasteiger partial charge in [-0.05, 0) is 0 Å². The number of Topliss-reactive ketones (excluding diaryl/α,β-unsaturated/α-hetero) is 1. The van der Waals surface area contributed by atoms with E-state index < -0.39 is 11.4 Å². The summed E-state index contributed by atoms with van der Waals surface area (Å²) in [7, 11) is 0. The van der Waals surface area contributed by atoms with E-state index in [9.17, 15) is 9.59 Å². The summed E-state index contributed by atoms with van der Waals surface area (Å²) in [4.78, 5) is 21.7. The minimum absolute atomic E-state index is 0.0176. The van der Waals surface area contributed by atoms with Gasteiger partial charge in [0.05, 0.1) is 5.03 Å². The molecule has 0 aromatic rings. The molecule has 0 heterocycles. The molecule has 0 amide bonds. The molecule has 1 fully saturated rings. The van der Waals surface area contributed by atoms with E-state index in [0.717, 1.165) is 0 Å². The van der Waals surface area contributed by atoms with Crippen molar-refractivity contribution in [2.45, 2.75) is 27.2 Å². The molecule has 0 bridgehead atoms. The lowest BCUT2D eigenvalue weighted by molar-refractivity contribution is -0.140. The van der Waals surface area contributed by atoms with Gasteiger partial charge >= 0.3 is 5.97 Å². The molecular weight excluding hydrogens is 204 g/mol. The second kappa shape index (κ2) is 3.73. The van der Waals surface area contributed by atoms with Crippen LogP contribution < -0.4 is 0 Å². The maximum atomic E-state index is 11.2. The van der Waals surface area contributed by atoms with Gasteiger partial charge < -0.3 is 4.74 Å². The predicted octanol–water partition coefficient (Wildman–Crippen LogP) is 2.24. The van der Waals surface area contributed by atoms with E-state index in [2.05, 4.69) is 4.74 Å². The average Bonchev–Trinajstić information content (AvgIpc) is 2.10. The van der Waals surface area contributed by atoms with Crippen LogP contribution in [-0.4, -0.2) is 11.8 Å². The number of allylic oxidation sites excluding steroid dienone is 1. The zero-order chi connectivity index (χ0) is 10.9. The van der Waals surface area contributed by atoms with E-state index in [1.807, 2.05) is 13.8 Å². The van der Waals surface area contributed by atoms with Crippen molar-refractivity contribution < 1.29 is 14.3 Å². The summed E-state index contributed by atoms with van der Waals surface area (Å²) < 4.78 is 4.64. The standard InChI is InChI=1S/C10H13ClO3/c1-6(12)14-5-8(11)7-4-9(13)10(7,2)3/h5,7H,4H2,1-3H3. The topological polar surface area (TPSA) is 43.4 Å². The summed E-state index contributed by atoms with van der Waals surface area (Å²) in [6.45, 7) is 4.98. The fraction of sp³-hybridized carbons (Fsp3) is 0.600. The van der Waals surface area contributed by atoms with E-state index >= 15 is 0 Å². The third kappa shape index (κ3) is 1.98. The number of esters is 1. The van der Waals surface area contributed by atoms with E-state index in [-0.39, 0.29) is 11.7 Å². The fourth-order valence-electron chi connectivity index (χ4n) is 1.43. The fourth-order valence-corrected chi connectivity index (χ4v) is 1.82. The molecule has 1 saturated carbocycles. The minimum Gasteiger partial charge on any atom is -0.433 e. The van der Waals surface area contributed by atoms with E-state index in [1.54, 1.807) is 0 Å². The third-order valence-corrected chi connectivity index (χ3v) is 3.00. The zero-order valence-electron chi connectivity index (χ0n) is 8.46. The van der Waals surface area contributed by atoms with Gasteiger partial charge in [-0.15, -0.1) is 0 Å². The van der Waals surface area contributed by atoms with Crippen molar-refractivity contribution >= 4 is 23.4 Å². The first kappa shape index (κ1) is 11.2. The highest BCUT2D eigenvalue weighted by Gasteiger charge is 2.48. The Labute approximate surface area is 88.1 Å². The van der Waals surface area contributed by atoms with Crippen molar-refractivity contribution in [2.24, 2.45) is 11.3 Å². The summed E-state index contributed by atoms with van der Waals surface area (Å²) in [6.07, 6.45) is 1.66. The molecule has 4 heteroatoms. The molecule has 78 valence electrons. The highest BCUT2D eigenvalue weighted by Crippen LogP contribution is 2.47. The zero-order valence-corrected chi connectivity index (χ0v) is 9.22. The molecule has 0 radical (unpaired) electrons. The monoisotopic (exact) mass is 216 g/mol. The summed E-state index contributed by atoms with van der Waals surface area (Å²) >= 11 is 5.91. The van der Waals surface area contributed by atoms with Gasteiger partial charge in [0.1, 0.15) is 12.0 Å². The molecule has 0 aromatic carbocycles. The molecule has 1 aliphatic carbocycles. The average molecular weight is 217 g/mol. The Hall–Kier alpha value is -0.830. The molecule has 0 aliphatic heterocycles. The van der Waals surface area contributed by atoms with E-state index in [4.69, 9.17) is 11.6 Å². The number of hydrogen-bond donors (Lipinski definition) is 0. The first-order valence-electron chi connectivity index (χ1n) is 4.41. The number of carbonyl (C=O) groups is 2. The van der Waals surface area contributed by atoms with Crippen LogP contribution in [0.15, 0.2) is 11.3 Å². The highest BCUT2D eigenvalue weighted by atomic mass is 35.5. The normalized spacial score (nSPS) is 25.6. The second-order valence-corrected chi connectivity index (χ2v) is 4.45. The quantitative estimate of drug-likeness (QED) is 0.525. The maximum Gasteiger partial charge on any atom is 0.307 e. The first-order valence-corrected chi connectivity index (χ1v) is 4.79. The van der Waals surface area contributed by atoms with Gasteiger partial charge in [-0.25, -0.2) is 0 Å².